The number of hydrogen-bond donors (Lipinski definition) is 0. The second kappa shape index (κ2) is 5.71. The minimum Gasteiger partial charge on any atom is -0.331 e. The second-order valence-electron chi connectivity index (χ2n) is 6.28. The van der Waals surface area contributed by atoms with Crippen molar-refractivity contribution >= 4 is 21.8 Å². The van der Waals surface area contributed by atoms with E-state index in [4.69, 9.17) is 4.98 Å². The molecule has 2 aromatic carbocycles. The van der Waals surface area contributed by atoms with Gasteiger partial charge in [0, 0.05) is 25.1 Å². The van der Waals surface area contributed by atoms with Crippen molar-refractivity contribution in [1.29, 1.82) is 0 Å². The summed E-state index contributed by atoms with van der Waals surface area (Å²) in [5, 5.41) is 2.44. The molecule has 4 rings (SSSR count). The molecule has 4 aromatic rings. The third kappa shape index (κ3) is 2.44. The van der Waals surface area contributed by atoms with Crippen LogP contribution in [-0.2, 0) is 19.9 Å². The van der Waals surface area contributed by atoms with Crippen LogP contribution >= 0.6 is 0 Å². The fourth-order valence-electron chi connectivity index (χ4n) is 3.25. The molecule has 2 heterocycles. The van der Waals surface area contributed by atoms with E-state index < -0.39 is 0 Å². The van der Waals surface area contributed by atoms with Crippen molar-refractivity contribution in [2.24, 2.45) is 7.05 Å². The lowest BCUT2D eigenvalue weighted by atomic mass is 10.1. The van der Waals surface area contributed by atoms with Gasteiger partial charge in [-0.3, -0.25) is 9.97 Å². The van der Waals surface area contributed by atoms with Crippen molar-refractivity contribution in [1.82, 2.24) is 19.5 Å². The van der Waals surface area contributed by atoms with Crippen molar-refractivity contribution < 1.29 is 0 Å². The van der Waals surface area contributed by atoms with Gasteiger partial charge in [-0.2, -0.15) is 0 Å². The van der Waals surface area contributed by atoms with Crippen LogP contribution in [0, 0.1) is 13.8 Å². The Hall–Kier alpha value is -2.75. The van der Waals surface area contributed by atoms with Crippen LogP contribution in [0.2, 0.25) is 0 Å². The minimum absolute atomic E-state index is 0.857. The quantitative estimate of drug-likeness (QED) is 0.575. The van der Waals surface area contributed by atoms with Gasteiger partial charge < -0.3 is 4.57 Å². The summed E-state index contributed by atoms with van der Waals surface area (Å²) in [6.07, 6.45) is 3.54. The average molecular weight is 316 g/mol. The molecular weight excluding hydrogens is 296 g/mol. The van der Waals surface area contributed by atoms with E-state index in [9.17, 15) is 0 Å². The van der Waals surface area contributed by atoms with E-state index in [1.54, 1.807) is 0 Å². The number of benzene rings is 2. The van der Waals surface area contributed by atoms with E-state index in [0.717, 1.165) is 41.3 Å². The van der Waals surface area contributed by atoms with Gasteiger partial charge in [0.05, 0.1) is 28.1 Å². The zero-order chi connectivity index (χ0) is 16.7. The molecule has 0 amide bonds. The number of nitrogens with zero attached hydrogens (tertiary/aromatic N) is 4. The van der Waals surface area contributed by atoms with Gasteiger partial charge in [0.25, 0.3) is 0 Å². The van der Waals surface area contributed by atoms with Crippen molar-refractivity contribution in [3.63, 3.8) is 0 Å². The molecule has 0 bridgehead atoms. The van der Waals surface area contributed by atoms with E-state index in [1.165, 1.54) is 16.3 Å². The first-order valence-electron chi connectivity index (χ1n) is 8.25. The SMILES string of the molecule is Cc1cnc(C)c(CCc2nc3c4ccccc4ccc3n2C)n1. The first-order valence-corrected chi connectivity index (χ1v) is 8.25. The molecule has 4 nitrogen and oxygen atoms in total. The maximum Gasteiger partial charge on any atom is 0.110 e. The third-order valence-electron chi connectivity index (χ3n) is 4.63. The molecule has 0 aliphatic heterocycles. The van der Waals surface area contributed by atoms with Crippen molar-refractivity contribution in [2.75, 3.05) is 0 Å². The van der Waals surface area contributed by atoms with Crippen molar-refractivity contribution in [2.45, 2.75) is 26.7 Å². The summed E-state index contributed by atoms with van der Waals surface area (Å²) < 4.78 is 2.19. The van der Waals surface area contributed by atoms with Gasteiger partial charge in [-0.25, -0.2) is 4.98 Å². The van der Waals surface area contributed by atoms with Crippen molar-refractivity contribution in [3.8, 4) is 0 Å². The maximum absolute atomic E-state index is 4.92. The number of aromatic nitrogens is 4. The highest BCUT2D eigenvalue weighted by molar-refractivity contribution is 6.04. The largest absolute Gasteiger partial charge is 0.331 e. The van der Waals surface area contributed by atoms with Crippen LogP contribution in [0.3, 0.4) is 0 Å². The molecule has 0 radical (unpaired) electrons. The van der Waals surface area contributed by atoms with E-state index in [1.807, 2.05) is 20.0 Å². The smallest absolute Gasteiger partial charge is 0.110 e. The van der Waals surface area contributed by atoms with Crippen LogP contribution in [0.25, 0.3) is 21.8 Å². The summed E-state index contributed by atoms with van der Waals surface area (Å²) in [4.78, 5) is 14.0. The lowest BCUT2D eigenvalue weighted by Gasteiger charge is -2.05. The van der Waals surface area contributed by atoms with Crippen LogP contribution in [0.1, 0.15) is 22.9 Å². The highest BCUT2D eigenvalue weighted by Gasteiger charge is 2.12. The molecule has 0 atom stereocenters. The van der Waals surface area contributed by atoms with Crippen LogP contribution in [0.4, 0.5) is 0 Å². The molecule has 24 heavy (non-hydrogen) atoms. The van der Waals surface area contributed by atoms with Gasteiger partial charge in [-0.1, -0.05) is 30.3 Å². The highest BCUT2D eigenvalue weighted by Crippen LogP contribution is 2.25. The number of rotatable bonds is 3. The Bertz CT molecular complexity index is 1050. The first kappa shape index (κ1) is 14.8. The number of hydrogen-bond acceptors (Lipinski definition) is 3. The minimum atomic E-state index is 0.857. The van der Waals surface area contributed by atoms with E-state index in [0.29, 0.717) is 0 Å². The Balaban J connectivity index is 1.73. The lowest BCUT2D eigenvalue weighted by molar-refractivity contribution is 0.764. The fourth-order valence-corrected chi connectivity index (χ4v) is 3.25. The van der Waals surface area contributed by atoms with E-state index in [-0.39, 0.29) is 0 Å². The lowest BCUT2D eigenvalue weighted by Crippen LogP contribution is -2.05. The first-order chi connectivity index (χ1) is 11.6. The maximum atomic E-state index is 4.92. The molecule has 0 unspecified atom stereocenters. The van der Waals surface area contributed by atoms with Gasteiger partial charge in [0.1, 0.15) is 5.82 Å². The molecule has 0 N–H and O–H groups in total. The van der Waals surface area contributed by atoms with Crippen LogP contribution < -0.4 is 0 Å². The summed E-state index contributed by atoms with van der Waals surface area (Å²) in [5.41, 5.74) is 5.29. The molecule has 0 aliphatic carbocycles. The number of fused-ring (bicyclic) bond motifs is 3. The Morgan fingerprint density at radius 3 is 2.67 bits per heavy atom. The van der Waals surface area contributed by atoms with Crippen molar-refractivity contribution in [3.05, 3.63) is 65.5 Å². The zero-order valence-corrected chi connectivity index (χ0v) is 14.2. The summed E-state index contributed by atoms with van der Waals surface area (Å²) in [6, 6.07) is 12.7. The van der Waals surface area contributed by atoms with Gasteiger partial charge in [0.2, 0.25) is 0 Å². The highest BCUT2D eigenvalue weighted by atomic mass is 15.1. The Morgan fingerprint density at radius 2 is 1.79 bits per heavy atom. The summed E-state index contributed by atoms with van der Waals surface area (Å²) in [5.74, 6) is 1.09. The van der Waals surface area contributed by atoms with Gasteiger partial charge in [0.15, 0.2) is 0 Å². The molecule has 0 fully saturated rings. The van der Waals surface area contributed by atoms with Gasteiger partial charge in [-0.15, -0.1) is 0 Å². The standard InChI is InChI=1S/C20H20N4/c1-13-12-21-14(2)17(22-13)9-11-19-23-20-16-7-5-4-6-15(16)8-10-18(20)24(19)3/h4-8,10,12H,9,11H2,1-3H3. The molecule has 0 saturated heterocycles. The number of imidazole rings is 1. The Kier molecular flexibility index (Phi) is 3.53. The molecular formula is C20H20N4. The van der Waals surface area contributed by atoms with Crippen LogP contribution in [-0.4, -0.2) is 19.5 Å². The predicted octanol–water partition coefficient (Wildman–Crippen LogP) is 3.92. The zero-order valence-electron chi connectivity index (χ0n) is 14.2. The molecule has 0 saturated carbocycles. The predicted molar refractivity (Wildman–Crippen MR) is 97.1 cm³/mol. The fraction of sp³-hybridized carbons (Fsp3) is 0.250. The monoisotopic (exact) mass is 316 g/mol. The summed E-state index contributed by atoms with van der Waals surface area (Å²) in [6.45, 7) is 4.00. The Labute approximate surface area is 141 Å². The van der Waals surface area contributed by atoms with E-state index in [2.05, 4.69) is 58.0 Å². The molecule has 0 spiro atoms. The molecule has 2 aromatic heterocycles. The molecule has 4 heteroatoms. The number of aryl methyl sites for hydroxylation is 5. The average Bonchev–Trinajstić information content (AvgIpc) is 2.92. The molecule has 0 aliphatic rings. The Morgan fingerprint density at radius 1 is 0.958 bits per heavy atom. The van der Waals surface area contributed by atoms with Crippen LogP contribution in [0.5, 0.6) is 0 Å². The van der Waals surface area contributed by atoms with Crippen LogP contribution in [0.15, 0.2) is 42.6 Å². The topological polar surface area (TPSA) is 43.6 Å². The second-order valence-corrected chi connectivity index (χ2v) is 6.28. The molecule has 120 valence electrons. The van der Waals surface area contributed by atoms with Gasteiger partial charge in [-0.05, 0) is 31.7 Å². The van der Waals surface area contributed by atoms with Gasteiger partial charge >= 0.3 is 0 Å². The third-order valence-corrected chi connectivity index (χ3v) is 4.63. The summed E-state index contributed by atoms with van der Waals surface area (Å²) >= 11 is 0. The van der Waals surface area contributed by atoms with E-state index >= 15 is 0 Å². The normalized spacial score (nSPS) is 11.5. The summed E-state index contributed by atoms with van der Waals surface area (Å²) in [7, 11) is 2.09.